The van der Waals surface area contributed by atoms with Gasteiger partial charge in [-0.25, -0.2) is 28.1 Å². The van der Waals surface area contributed by atoms with E-state index < -0.39 is 10.0 Å². The summed E-state index contributed by atoms with van der Waals surface area (Å²) < 4.78 is 27.2. The minimum absolute atomic E-state index is 0.132. The molecule has 8 nitrogen and oxygen atoms in total. The number of sulfonamides is 1. The fourth-order valence-electron chi connectivity index (χ4n) is 2.46. The van der Waals surface area contributed by atoms with Gasteiger partial charge in [0.1, 0.15) is 23.8 Å². The fraction of sp³-hybridized carbons (Fsp3) is 0.211. The van der Waals surface area contributed by atoms with Gasteiger partial charge < -0.3 is 10.6 Å². The molecule has 0 aliphatic rings. The lowest BCUT2D eigenvalue weighted by Crippen LogP contribution is -2.29. The van der Waals surface area contributed by atoms with Gasteiger partial charge in [0.25, 0.3) is 0 Å². The lowest BCUT2D eigenvalue weighted by molar-refractivity contribution is 0.583. The van der Waals surface area contributed by atoms with Crippen LogP contribution in [0.5, 0.6) is 0 Å². The molecule has 0 amide bonds. The van der Waals surface area contributed by atoms with E-state index in [1.165, 1.54) is 18.5 Å². The average molecular weight is 433 g/mol. The number of hydrogen-bond acceptors (Lipinski definition) is 7. The van der Waals surface area contributed by atoms with Gasteiger partial charge >= 0.3 is 0 Å². The lowest BCUT2D eigenvalue weighted by Gasteiger charge is -2.10. The first-order chi connectivity index (χ1) is 13.8. The molecule has 152 valence electrons. The Labute approximate surface area is 174 Å². The van der Waals surface area contributed by atoms with Crippen molar-refractivity contribution in [2.24, 2.45) is 0 Å². The van der Waals surface area contributed by atoms with E-state index in [0.717, 1.165) is 11.1 Å². The number of hydrogen-bond donors (Lipinski definition) is 3. The van der Waals surface area contributed by atoms with Crippen molar-refractivity contribution in [2.45, 2.75) is 18.7 Å². The van der Waals surface area contributed by atoms with Crippen LogP contribution in [0.2, 0.25) is 5.02 Å². The molecule has 0 bridgehead atoms. The Morgan fingerprint density at radius 1 is 0.931 bits per heavy atom. The Kier molecular flexibility index (Phi) is 6.63. The van der Waals surface area contributed by atoms with Gasteiger partial charge in [-0.1, -0.05) is 17.7 Å². The largest absolute Gasteiger partial charge is 0.369 e. The van der Waals surface area contributed by atoms with E-state index in [1.54, 1.807) is 18.3 Å². The van der Waals surface area contributed by atoms with Crippen LogP contribution >= 0.6 is 11.6 Å². The maximum Gasteiger partial charge on any atom is 0.240 e. The lowest BCUT2D eigenvalue weighted by atomic mass is 10.2. The van der Waals surface area contributed by atoms with Crippen molar-refractivity contribution >= 4 is 39.1 Å². The summed E-state index contributed by atoms with van der Waals surface area (Å²) in [6.45, 7) is 4.32. The van der Waals surface area contributed by atoms with Gasteiger partial charge in [0.2, 0.25) is 10.0 Å². The Hall–Kier alpha value is -2.75. The Morgan fingerprint density at radius 2 is 1.69 bits per heavy atom. The number of aromatic nitrogens is 3. The second-order valence-electron chi connectivity index (χ2n) is 6.37. The molecule has 0 aliphatic carbocycles. The Bertz CT molecular complexity index is 1110. The van der Waals surface area contributed by atoms with Gasteiger partial charge in [0, 0.05) is 30.4 Å². The van der Waals surface area contributed by atoms with Crippen molar-refractivity contribution in [3.8, 4) is 0 Å². The predicted octanol–water partition coefficient (Wildman–Crippen LogP) is 3.28. The summed E-state index contributed by atoms with van der Waals surface area (Å²) in [5.41, 5.74) is 1.90. The van der Waals surface area contributed by atoms with Crippen LogP contribution in [0.3, 0.4) is 0 Å². The molecule has 0 aliphatic heterocycles. The molecule has 0 saturated carbocycles. The molecule has 0 atom stereocenters. The summed E-state index contributed by atoms with van der Waals surface area (Å²) in [5, 5.41) is 6.58. The number of pyridine rings is 1. The molecule has 10 heteroatoms. The van der Waals surface area contributed by atoms with Gasteiger partial charge in [-0.05, 0) is 49.2 Å². The molecule has 2 heterocycles. The molecule has 0 fully saturated rings. The van der Waals surface area contributed by atoms with E-state index in [9.17, 15) is 8.42 Å². The van der Waals surface area contributed by atoms with Gasteiger partial charge in [0.05, 0.1) is 4.90 Å². The molecular formula is C19H21ClN6O2S. The molecule has 3 rings (SSSR count). The Balaban J connectivity index is 1.54. The number of nitrogens with one attached hydrogen (secondary N) is 3. The van der Waals surface area contributed by atoms with Crippen molar-refractivity contribution < 1.29 is 8.42 Å². The highest BCUT2D eigenvalue weighted by Gasteiger charge is 2.14. The third-order valence-electron chi connectivity index (χ3n) is 4.02. The highest BCUT2D eigenvalue weighted by Crippen LogP contribution is 2.20. The van der Waals surface area contributed by atoms with Crippen LogP contribution in [0.25, 0.3) is 0 Å². The number of halogens is 1. The first-order valence-corrected chi connectivity index (χ1v) is 10.7. The van der Waals surface area contributed by atoms with E-state index in [4.69, 9.17) is 11.6 Å². The minimum atomic E-state index is -3.63. The van der Waals surface area contributed by atoms with Crippen LogP contribution < -0.4 is 15.4 Å². The van der Waals surface area contributed by atoms with Crippen molar-refractivity contribution in [1.82, 2.24) is 19.7 Å². The van der Waals surface area contributed by atoms with Gasteiger partial charge in [-0.15, -0.1) is 0 Å². The second kappa shape index (κ2) is 9.17. The summed E-state index contributed by atoms with van der Waals surface area (Å²) in [5.74, 6) is 1.82. The van der Waals surface area contributed by atoms with Crippen LogP contribution in [-0.2, 0) is 10.0 Å². The number of anilines is 3. The summed E-state index contributed by atoms with van der Waals surface area (Å²) in [6.07, 6.45) is 3.13. The van der Waals surface area contributed by atoms with Crippen molar-refractivity contribution in [1.29, 1.82) is 0 Å². The molecule has 0 unspecified atom stereocenters. The molecule has 29 heavy (non-hydrogen) atoms. The molecule has 2 aromatic heterocycles. The monoisotopic (exact) mass is 432 g/mol. The van der Waals surface area contributed by atoms with E-state index in [1.807, 2.05) is 26.0 Å². The summed E-state index contributed by atoms with van der Waals surface area (Å²) in [4.78, 5) is 12.7. The quantitative estimate of drug-likeness (QED) is 0.468. The summed E-state index contributed by atoms with van der Waals surface area (Å²) in [7, 11) is -3.63. The SMILES string of the molecule is Cc1ccnc(Nc2cc(NCCNS(=O)(=O)c3ccc(C)c(Cl)c3)ncn2)c1. The first-order valence-electron chi connectivity index (χ1n) is 8.85. The zero-order valence-electron chi connectivity index (χ0n) is 16.0. The van der Waals surface area contributed by atoms with E-state index in [-0.39, 0.29) is 11.4 Å². The fourth-order valence-corrected chi connectivity index (χ4v) is 3.76. The van der Waals surface area contributed by atoms with Crippen LogP contribution in [0, 0.1) is 13.8 Å². The normalized spacial score (nSPS) is 11.3. The third-order valence-corrected chi connectivity index (χ3v) is 5.88. The predicted molar refractivity (Wildman–Crippen MR) is 114 cm³/mol. The highest BCUT2D eigenvalue weighted by atomic mass is 35.5. The average Bonchev–Trinajstić information content (AvgIpc) is 2.68. The van der Waals surface area contributed by atoms with E-state index >= 15 is 0 Å². The molecule has 1 aromatic carbocycles. The zero-order valence-corrected chi connectivity index (χ0v) is 17.5. The number of aryl methyl sites for hydroxylation is 2. The Morgan fingerprint density at radius 3 is 2.45 bits per heavy atom. The van der Waals surface area contributed by atoms with Crippen LogP contribution in [0.4, 0.5) is 17.5 Å². The minimum Gasteiger partial charge on any atom is -0.369 e. The molecule has 3 aromatic rings. The van der Waals surface area contributed by atoms with Gasteiger partial charge in [-0.2, -0.15) is 0 Å². The van der Waals surface area contributed by atoms with E-state index in [2.05, 4.69) is 30.3 Å². The second-order valence-corrected chi connectivity index (χ2v) is 8.54. The zero-order chi connectivity index (χ0) is 20.9. The third kappa shape index (κ3) is 5.86. The molecule has 0 radical (unpaired) electrons. The number of benzene rings is 1. The molecular weight excluding hydrogens is 412 g/mol. The smallest absolute Gasteiger partial charge is 0.240 e. The van der Waals surface area contributed by atoms with Gasteiger partial charge in [-0.3, -0.25) is 0 Å². The maximum atomic E-state index is 12.4. The topological polar surface area (TPSA) is 109 Å². The van der Waals surface area contributed by atoms with Crippen molar-refractivity contribution in [2.75, 3.05) is 23.7 Å². The van der Waals surface area contributed by atoms with Crippen LogP contribution in [0.1, 0.15) is 11.1 Å². The summed E-state index contributed by atoms with van der Waals surface area (Å²) in [6, 6.07) is 10.2. The van der Waals surface area contributed by atoms with Crippen molar-refractivity contribution in [3.05, 3.63) is 65.1 Å². The summed E-state index contributed by atoms with van der Waals surface area (Å²) >= 11 is 6.01. The van der Waals surface area contributed by atoms with Gasteiger partial charge in [0.15, 0.2) is 0 Å². The maximum absolute atomic E-state index is 12.4. The van der Waals surface area contributed by atoms with Crippen LogP contribution in [-0.4, -0.2) is 36.5 Å². The van der Waals surface area contributed by atoms with E-state index in [0.29, 0.717) is 29.0 Å². The number of rotatable bonds is 8. The molecule has 3 N–H and O–H groups in total. The molecule has 0 spiro atoms. The standard InChI is InChI=1S/C19H21ClN6O2S/c1-13-5-6-21-18(9-13)26-19-11-17(23-12-24-19)22-7-8-25-29(27,28)15-4-3-14(2)16(20)10-15/h3-6,9-12,25H,7-8H2,1-2H3,(H2,21,22,23,24,26). The van der Waals surface area contributed by atoms with Crippen LogP contribution in [0.15, 0.2) is 53.8 Å². The highest BCUT2D eigenvalue weighted by molar-refractivity contribution is 7.89. The van der Waals surface area contributed by atoms with Crippen molar-refractivity contribution in [3.63, 3.8) is 0 Å². The first kappa shape index (κ1) is 21.0. The molecule has 0 saturated heterocycles. The number of nitrogens with zero attached hydrogens (tertiary/aromatic N) is 3.